The van der Waals surface area contributed by atoms with E-state index in [4.69, 9.17) is 14.7 Å². The first-order valence-corrected chi connectivity index (χ1v) is 6.18. The average molecular weight is 286 g/mol. The minimum atomic E-state index is -2.26. The van der Waals surface area contributed by atoms with Crippen molar-refractivity contribution in [3.63, 3.8) is 0 Å². The van der Waals surface area contributed by atoms with Gasteiger partial charge in [-0.05, 0) is 6.07 Å². The van der Waals surface area contributed by atoms with Gasteiger partial charge in [-0.2, -0.15) is 0 Å². The number of carbonyl (C=O) groups is 1. The second-order valence-electron chi connectivity index (χ2n) is 3.43. The van der Waals surface area contributed by atoms with Crippen LogP contribution in [-0.2, 0) is 17.7 Å². The van der Waals surface area contributed by atoms with E-state index in [-0.39, 0.29) is 6.54 Å². The molecule has 0 radical (unpaired) electrons. The largest absolute Gasteiger partial charge is 0.760 e. The van der Waals surface area contributed by atoms with Crippen molar-refractivity contribution in [3.8, 4) is 5.75 Å². The number of nitrogens with two attached hydrogens (primary N) is 1. The first-order valence-electron chi connectivity index (χ1n) is 5.11. The molecule has 104 valence electrons. The van der Waals surface area contributed by atoms with Gasteiger partial charge in [-0.25, -0.2) is 9.52 Å². The molecule has 0 saturated carbocycles. The minimum absolute atomic E-state index is 0.185. The van der Waals surface area contributed by atoms with Gasteiger partial charge in [0.1, 0.15) is 0 Å². The quantitative estimate of drug-likeness (QED) is 0.671. The van der Waals surface area contributed by atoms with Crippen LogP contribution in [0, 0.1) is 0 Å². The molecule has 1 aliphatic heterocycles. The predicted molar refractivity (Wildman–Crippen MR) is 67.3 cm³/mol. The Morgan fingerprint density at radius 3 is 2.84 bits per heavy atom. The van der Waals surface area contributed by atoms with Crippen LogP contribution in [0.3, 0.4) is 0 Å². The van der Waals surface area contributed by atoms with E-state index >= 15 is 0 Å². The molecule has 0 bridgehead atoms. The van der Waals surface area contributed by atoms with Crippen molar-refractivity contribution >= 4 is 23.1 Å². The van der Waals surface area contributed by atoms with Gasteiger partial charge < -0.3 is 20.2 Å². The number of fused-ring (bicyclic) bond motifs is 1. The Morgan fingerprint density at radius 1 is 1.58 bits per heavy atom. The van der Waals surface area contributed by atoms with Crippen LogP contribution in [0.15, 0.2) is 29.4 Å². The van der Waals surface area contributed by atoms with Crippen LogP contribution in [-0.4, -0.2) is 32.2 Å². The van der Waals surface area contributed by atoms with Gasteiger partial charge in [-0.1, -0.05) is 23.4 Å². The Hall–Kier alpha value is -1.97. The SMILES string of the molecule is NC(=O)O.O=S([O-])NCC1=NOc2ccccc2C1. The maximum atomic E-state index is 10.3. The molecule has 1 aliphatic rings. The van der Waals surface area contributed by atoms with Crippen LogP contribution in [0.4, 0.5) is 4.79 Å². The number of primary amides is 1. The monoisotopic (exact) mass is 286 g/mol. The van der Waals surface area contributed by atoms with E-state index in [0.29, 0.717) is 12.1 Å². The Bertz CT molecular complexity index is 502. The standard InChI is InChI=1S/C9H10N2O3S.CH3NO2/c12-15(13)10-6-8-5-7-3-1-2-4-9(7)14-11-8;2-1(3)4/h1-4,10H,5-6H2,(H,12,13);2H2,(H,3,4)/p-1. The van der Waals surface area contributed by atoms with Crippen LogP contribution < -0.4 is 15.3 Å². The molecule has 8 nitrogen and oxygen atoms in total. The number of nitrogens with one attached hydrogen (secondary N) is 1. The molecular formula is C10H12N3O5S-. The van der Waals surface area contributed by atoms with Gasteiger partial charge in [0.05, 0.1) is 5.71 Å². The average Bonchev–Trinajstić information content (AvgIpc) is 2.35. The summed E-state index contributed by atoms with van der Waals surface area (Å²) in [5.74, 6) is 0.726. The van der Waals surface area contributed by atoms with Crippen molar-refractivity contribution in [2.24, 2.45) is 10.9 Å². The number of amides is 1. The molecule has 1 atom stereocenters. The maximum Gasteiger partial charge on any atom is 0.402 e. The Balaban J connectivity index is 0.000000399. The maximum absolute atomic E-state index is 10.3. The van der Waals surface area contributed by atoms with Gasteiger partial charge in [0.2, 0.25) is 0 Å². The summed E-state index contributed by atoms with van der Waals surface area (Å²) >= 11 is -2.26. The third-order valence-electron chi connectivity index (χ3n) is 2.03. The van der Waals surface area contributed by atoms with E-state index in [9.17, 15) is 8.76 Å². The second-order valence-corrected chi connectivity index (χ2v) is 4.19. The summed E-state index contributed by atoms with van der Waals surface area (Å²) in [5.41, 5.74) is 5.71. The van der Waals surface area contributed by atoms with Crippen LogP contribution in [0.5, 0.6) is 5.75 Å². The van der Waals surface area contributed by atoms with Crippen LogP contribution in [0.25, 0.3) is 0 Å². The van der Waals surface area contributed by atoms with E-state index in [1.165, 1.54) is 0 Å². The third-order valence-corrected chi connectivity index (χ3v) is 2.41. The molecule has 19 heavy (non-hydrogen) atoms. The number of hydrogen-bond acceptors (Lipinski definition) is 5. The second kappa shape index (κ2) is 7.46. The molecule has 1 aromatic carbocycles. The molecule has 1 aromatic rings. The summed E-state index contributed by atoms with van der Waals surface area (Å²) in [6, 6.07) is 7.53. The lowest BCUT2D eigenvalue weighted by molar-refractivity contribution is 0.205. The topological polar surface area (TPSA) is 137 Å². The lowest BCUT2D eigenvalue weighted by Crippen LogP contribution is -2.28. The minimum Gasteiger partial charge on any atom is -0.760 e. The highest BCUT2D eigenvalue weighted by Gasteiger charge is 2.13. The normalized spacial score (nSPS) is 14.1. The fourth-order valence-electron chi connectivity index (χ4n) is 1.34. The molecule has 1 unspecified atom stereocenters. The van der Waals surface area contributed by atoms with Gasteiger partial charge in [-0.3, -0.25) is 4.21 Å². The molecule has 0 saturated heterocycles. The molecule has 1 heterocycles. The number of oxime groups is 1. The zero-order chi connectivity index (χ0) is 14.3. The van der Waals surface area contributed by atoms with Crippen LogP contribution in [0.2, 0.25) is 0 Å². The van der Waals surface area contributed by atoms with Gasteiger partial charge in [-0.15, -0.1) is 0 Å². The molecule has 9 heteroatoms. The summed E-state index contributed by atoms with van der Waals surface area (Å²) in [5, 5.41) is 11.0. The van der Waals surface area contributed by atoms with Crippen molar-refractivity contribution < 1.29 is 23.5 Å². The molecule has 1 amide bonds. The molecule has 0 fully saturated rings. The summed E-state index contributed by atoms with van der Waals surface area (Å²) < 4.78 is 22.8. The van der Waals surface area contributed by atoms with Gasteiger partial charge >= 0.3 is 6.09 Å². The van der Waals surface area contributed by atoms with E-state index in [1.807, 2.05) is 24.3 Å². The molecule has 4 N–H and O–H groups in total. The number of hydrogen-bond donors (Lipinski definition) is 3. The Kier molecular flexibility index (Phi) is 5.93. The number of nitrogens with zero attached hydrogens (tertiary/aromatic N) is 1. The smallest absolute Gasteiger partial charge is 0.402 e. The van der Waals surface area contributed by atoms with E-state index in [2.05, 4.69) is 15.6 Å². The van der Waals surface area contributed by atoms with Crippen molar-refractivity contribution in [2.75, 3.05) is 6.54 Å². The first kappa shape index (κ1) is 15.1. The fourth-order valence-corrected chi connectivity index (χ4v) is 1.63. The summed E-state index contributed by atoms with van der Waals surface area (Å²) in [6.07, 6.45) is -0.722. The van der Waals surface area contributed by atoms with Crippen molar-refractivity contribution in [1.29, 1.82) is 0 Å². The van der Waals surface area contributed by atoms with Crippen molar-refractivity contribution in [1.82, 2.24) is 4.72 Å². The highest BCUT2D eigenvalue weighted by atomic mass is 32.2. The van der Waals surface area contributed by atoms with Gasteiger partial charge in [0.15, 0.2) is 5.75 Å². The molecule has 0 spiro atoms. The van der Waals surface area contributed by atoms with Gasteiger partial charge in [0, 0.05) is 29.8 Å². The highest BCUT2D eigenvalue weighted by Crippen LogP contribution is 2.22. The number of rotatable bonds is 3. The summed E-state index contributed by atoms with van der Waals surface area (Å²) in [6.45, 7) is 0.185. The van der Waals surface area contributed by atoms with E-state index in [1.54, 1.807) is 0 Å². The van der Waals surface area contributed by atoms with Crippen molar-refractivity contribution in [2.45, 2.75) is 6.42 Å². The number of benzene rings is 1. The summed E-state index contributed by atoms with van der Waals surface area (Å²) in [4.78, 5) is 13.9. The number of para-hydroxylation sites is 1. The zero-order valence-electron chi connectivity index (χ0n) is 9.74. The molecule has 2 rings (SSSR count). The van der Waals surface area contributed by atoms with E-state index in [0.717, 1.165) is 11.3 Å². The molecular weight excluding hydrogens is 274 g/mol. The first-order chi connectivity index (χ1) is 8.99. The molecule has 0 aliphatic carbocycles. The Labute approximate surface area is 111 Å². The predicted octanol–water partition coefficient (Wildman–Crippen LogP) is -0.0157. The Morgan fingerprint density at radius 2 is 2.21 bits per heavy atom. The lowest BCUT2D eigenvalue weighted by atomic mass is 10.1. The fraction of sp³-hybridized carbons (Fsp3) is 0.200. The zero-order valence-corrected chi connectivity index (χ0v) is 10.6. The highest BCUT2D eigenvalue weighted by molar-refractivity contribution is 7.77. The van der Waals surface area contributed by atoms with Crippen molar-refractivity contribution in [3.05, 3.63) is 29.8 Å². The van der Waals surface area contributed by atoms with Gasteiger partial charge in [0.25, 0.3) is 0 Å². The van der Waals surface area contributed by atoms with Crippen LogP contribution in [0.1, 0.15) is 5.56 Å². The number of carboxylic acid groups (broad SMARTS) is 1. The van der Waals surface area contributed by atoms with Crippen LogP contribution >= 0.6 is 0 Å². The lowest BCUT2D eigenvalue weighted by Gasteiger charge is -2.15. The third kappa shape index (κ3) is 5.95. The summed E-state index contributed by atoms with van der Waals surface area (Å²) in [7, 11) is 0. The van der Waals surface area contributed by atoms with E-state index < -0.39 is 17.4 Å². The molecule has 0 aromatic heterocycles.